The molecule has 4 aromatic heterocycles. The van der Waals surface area contributed by atoms with E-state index < -0.39 is 5.82 Å². The van der Waals surface area contributed by atoms with E-state index in [1.165, 1.54) is 6.07 Å². The van der Waals surface area contributed by atoms with E-state index in [4.69, 9.17) is 4.98 Å². The third-order valence-corrected chi connectivity index (χ3v) is 6.00. The lowest BCUT2D eigenvalue weighted by molar-refractivity contribution is 0.469. The lowest BCUT2D eigenvalue weighted by Crippen LogP contribution is -1.96. The summed E-state index contributed by atoms with van der Waals surface area (Å²) in [4.78, 5) is 12.7. The van der Waals surface area contributed by atoms with E-state index in [-0.39, 0.29) is 5.75 Å². The van der Waals surface area contributed by atoms with Crippen LogP contribution in [0.1, 0.15) is 5.82 Å². The van der Waals surface area contributed by atoms with E-state index in [1.807, 2.05) is 61.1 Å². The molecule has 0 unspecified atom stereocenters. The van der Waals surface area contributed by atoms with E-state index in [9.17, 15) is 9.50 Å². The molecule has 0 spiro atoms. The summed E-state index contributed by atoms with van der Waals surface area (Å²) in [5, 5.41) is 18.3. The molecule has 6 rings (SSSR count). The zero-order valence-electron chi connectivity index (χ0n) is 17.9. The van der Waals surface area contributed by atoms with Crippen molar-refractivity contribution in [2.45, 2.75) is 6.92 Å². The van der Waals surface area contributed by atoms with Gasteiger partial charge < -0.3 is 14.7 Å². The summed E-state index contributed by atoms with van der Waals surface area (Å²) in [6, 6.07) is 15.7. The summed E-state index contributed by atoms with van der Waals surface area (Å²) in [5.74, 6) is 0.308. The SMILES string of the molecule is Cc1ncc(-c2ccc3[nH]nc(-c4cc5c(-c6cc(O)cc(F)c6)cccc5[nH]4)c3n2)n1C. The molecule has 33 heavy (non-hydrogen) atoms. The Bertz CT molecular complexity index is 1660. The van der Waals surface area contributed by atoms with Crippen molar-refractivity contribution in [3.8, 4) is 39.7 Å². The molecule has 0 bridgehead atoms. The molecule has 0 atom stereocenters. The zero-order chi connectivity index (χ0) is 22.7. The normalized spacial score (nSPS) is 11.6. The van der Waals surface area contributed by atoms with Crippen molar-refractivity contribution in [1.82, 2.24) is 29.7 Å². The predicted molar refractivity (Wildman–Crippen MR) is 125 cm³/mol. The largest absolute Gasteiger partial charge is 0.508 e. The smallest absolute Gasteiger partial charge is 0.135 e. The summed E-state index contributed by atoms with van der Waals surface area (Å²) in [5.41, 5.74) is 7.05. The van der Waals surface area contributed by atoms with Gasteiger partial charge in [-0.15, -0.1) is 0 Å². The second-order valence-corrected chi connectivity index (χ2v) is 8.06. The van der Waals surface area contributed by atoms with Crippen LogP contribution in [0.3, 0.4) is 0 Å². The van der Waals surface area contributed by atoms with Crippen molar-refractivity contribution in [2.24, 2.45) is 7.05 Å². The quantitative estimate of drug-likeness (QED) is 0.348. The van der Waals surface area contributed by atoms with Gasteiger partial charge in [-0.25, -0.2) is 14.4 Å². The van der Waals surface area contributed by atoms with E-state index in [0.29, 0.717) is 11.3 Å². The van der Waals surface area contributed by atoms with Crippen LogP contribution in [0, 0.1) is 12.7 Å². The van der Waals surface area contributed by atoms with Crippen LogP contribution >= 0.6 is 0 Å². The Morgan fingerprint density at radius 3 is 2.70 bits per heavy atom. The second-order valence-electron chi connectivity index (χ2n) is 8.06. The molecular formula is C25H19FN6O. The maximum absolute atomic E-state index is 13.9. The number of rotatable bonds is 3. The van der Waals surface area contributed by atoms with Crippen LogP contribution in [0.5, 0.6) is 5.75 Å². The predicted octanol–water partition coefficient (Wildman–Crippen LogP) is 5.33. The Hall–Kier alpha value is -4.46. The van der Waals surface area contributed by atoms with Gasteiger partial charge in [0.15, 0.2) is 0 Å². The average molecular weight is 438 g/mol. The number of aromatic amines is 2. The Kier molecular flexibility index (Phi) is 4.10. The molecule has 2 aromatic carbocycles. The van der Waals surface area contributed by atoms with Gasteiger partial charge in [0.05, 0.1) is 28.8 Å². The van der Waals surface area contributed by atoms with E-state index in [2.05, 4.69) is 20.2 Å². The number of phenols is 1. The van der Waals surface area contributed by atoms with Gasteiger partial charge in [-0.05, 0) is 54.4 Å². The maximum atomic E-state index is 13.9. The Labute approximate surface area is 187 Å². The van der Waals surface area contributed by atoms with Crippen LogP contribution in [0.2, 0.25) is 0 Å². The minimum absolute atomic E-state index is 0.113. The molecule has 4 heterocycles. The second kappa shape index (κ2) is 7.03. The van der Waals surface area contributed by atoms with E-state index >= 15 is 0 Å². The van der Waals surface area contributed by atoms with Gasteiger partial charge in [-0.3, -0.25) is 5.10 Å². The van der Waals surface area contributed by atoms with Crippen molar-refractivity contribution in [2.75, 3.05) is 0 Å². The number of H-pyrrole nitrogens is 2. The van der Waals surface area contributed by atoms with E-state index in [0.717, 1.165) is 56.5 Å². The number of fused-ring (bicyclic) bond motifs is 2. The number of aromatic nitrogens is 6. The van der Waals surface area contributed by atoms with Crippen LogP contribution in [0.4, 0.5) is 4.39 Å². The molecule has 0 saturated heterocycles. The summed E-state index contributed by atoms with van der Waals surface area (Å²) in [7, 11) is 1.96. The minimum atomic E-state index is -0.488. The van der Waals surface area contributed by atoms with Crippen LogP contribution in [0.25, 0.3) is 55.8 Å². The van der Waals surface area contributed by atoms with Gasteiger partial charge in [-0.1, -0.05) is 12.1 Å². The highest BCUT2D eigenvalue weighted by atomic mass is 19.1. The molecule has 6 aromatic rings. The standard InChI is InChI=1S/C25H19FN6O/c1-13-27-12-23(32(13)2)20-6-7-21-24(29-20)25(31-30-21)22-11-18-17(4-3-5-19(18)28-22)14-8-15(26)10-16(33)9-14/h3-12,28,33H,1-2H3,(H,30,31). The highest BCUT2D eigenvalue weighted by Gasteiger charge is 2.17. The van der Waals surface area contributed by atoms with Crippen molar-refractivity contribution in [3.05, 3.63) is 72.4 Å². The van der Waals surface area contributed by atoms with Crippen LogP contribution < -0.4 is 0 Å². The third-order valence-electron chi connectivity index (χ3n) is 6.00. The van der Waals surface area contributed by atoms with Gasteiger partial charge in [0, 0.05) is 24.0 Å². The fourth-order valence-corrected chi connectivity index (χ4v) is 4.23. The molecular weight excluding hydrogens is 419 g/mol. The number of imidazole rings is 1. The number of hydrogen-bond acceptors (Lipinski definition) is 4. The maximum Gasteiger partial charge on any atom is 0.135 e. The zero-order valence-corrected chi connectivity index (χ0v) is 17.9. The Morgan fingerprint density at radius 1 is 1.03 bits per heavy atom. The van der Waals surface area contributed by atoms with Gasteiger partial charge in [0.25, 0.3) is 0 Å². The van der Waals surface area contributed by atoms with Crippen LogP contribution in [0.15, 0.2) is 60.8 Å². The molecule has 3 N–H and O–H groups in total. The number of hydrogen-bond donors (Lipinski definition) is 3. The molecule has 162 valence electrons. The summed E-state index contributed by atoms with van der Waals surface area (Å²) >= 11 is 0. The fraction of sp³-hybridized carbons (Fsp3) is 0.0800. The first kappa shape index (κ1) is 19.2. The summed E-state index contributed by atoms with van der Waals surface area (Å²) in [6.45, 7) is 1.95. The molecule has 8 heteroatoms. The van der Waals surface area contributed by atoms with Crippen molar-refractivity contribution >= 4 is 21.9 Å². The molecule has 0 aliphatic heterocycles. The van der Waals surface area contributed by atoms with Crippen molar-refractivity contribution in [1.29, 1.82) is 0 Å². The Morgan fingerprint density at radius 2 is 1.91 bits per heavy atom. The minimum Gasteiger partial charge on any atom is -0.508 e. The molecule has 7 nitrogen and oxygen atoms in total. The number of aryl methyl sites for hydroxylation is 1. The van der Waals surface area contributed by atoms with Gasteiger partial charge >= 0.3 is 0 Å². The first-order valence-corrected chi connectivity index (χ1v) is 10.4. The third kappa shape index (κ3) is 3.07. The molecule has 0 fully saturated rings. The number of halogens is 1. The fourth-order valence-electron chi connectivity index (χ4n) is 4.23. The van der Waals surface area contributed by atoms with E-state index in [1.54, 1.807) is 6.07 Å². The topological polar surface area (TPSA) is 95.4 Å². The van der Waals surface area contributed by atoms with Gasteiger partial charge in [0.2, 0.25) is 0 Å². The Balaban J connectivity index is 1.52. The number of pyridine rings is 1. The first-order valence-electron chi connectivity index (χ1n) is 10.4. The molecule has 0 aliphatic rings. The molecule has 0 amide bonds. The van der Waals surface area contributed by atoms with Crippen molar-refractivity contribution in [3.63, 3.8) is 0 Å². The lowest BCUT2D eigenvalue weighted by Gasteiger charge is -2.05. The van der Waals surface area contributed by atoms with Crippen molar-refractivity contribution < 1.29 is 9.50 Å². The monoisotopic (exact) mass is 438 g/mol. The summed E-state index contributed by atoms with van der Waals surface area (Å²) in [6.07, 6.45) is 1.81. The highest BCUT2D eigenvalue weighted by Crippen LogP contribution is 2.35. The molecule has 0 saturated carbocycles. The highest BCUT2D eigenvalue weighted by molar-refractivity contribution is 6.00. The van der Waals surface area contributed by atoms with Crippen LogP contribution in [-0.4, -0.2) is 34.8 Å². The average Bonchev–Trinajstić information content (AvgIpc) is 3.49. The molecule has 0 aliphatic carbocycles. The number of phenolic OH excluding ortho intramolecular Hbond substituents is 1. The number of aromatic hydroxyl groups is 1. The number of benzene rings is 2. The molecule has 0 radical (unpaired) electrons. The first-order chi connectivity index (χ1) is 16.0. The number of nitrogens with one attached hydrogen (secondary N) is 2. The lowest BCUT2D eigenvalue weighted by atomic mass is 10.0. The van der Waals surface area contributed by atoms with Crippen LogP contribution in [-0.2, 0) is 7.05 Å². The van der Waals surface area contributed by atoms with Gasteiger partial charge in [0.1, 0.15) is 28.6 Å². The number of nitrogens with zero attached hydrogens (tertiary/aromatic N) is 4. The summed E-state index contributed by atoms with van der Waals surface area (Å²) < 4.78 is 15.9. The van der Waals surface area contributed by atoms with Gasteiger partial charge in [-0.2, -0.15) is 5.10 Å².